The van der Waals surface area contributed by atoms with Crippen molar-refractivity contribution < 1.29 is 14.0 Å². The largest absolute Gasteiger partial charge is 0.469 e. The maximum atomic E-state index is 12.4. The number of nitrogens with zero attached hydrogens (tertiary/aromatic N) is 1. The number of hydrogen-bond acceptors (Lipinski definition) is 3. The summed E-state index contributed by atoms with van der Waals surface area (Å²) in [5.41, 5.74) is 1.50. The van der Waals surface area contributed by atoms with Crippen molar-refractivity contribution in [3.63, 3.8) is 0 Å². The van der Waals surface area contributed by atoms with E-state index >= 15 is 0 Å². The summed E-state index contributed by atoms with van der Waals surface area (Å²) in [5.74, 6) is 1.000. The van der Waals surface area contributed by atoms with Gasteiger partial charge < -0.3 is 15.1 Å². The van der Waals surface area contributed by atoms with Crippen molar-refractivity contribution in [2.75, 3.05) is 23.3 Å². The van der Waals surface area contributed by atoms with Gasteiger partial charge in [0, 0.05) is 36.3 Å². The summed E-state index contributed by atoms with van der Waals surface area (Å²) in [6.07, 6.45) is 3.36. The van der Waals surface area contributed by atoms with E-state index in [4.69, 9.17) is 4.42 Å². The Bertz CT molecular complexity index is 757. The minimum atomic E-state index is -0.0928. The van der Waals surface area contributed by atoms with Crippen molar-refractivity contribution in [1.82, 2.24) is 5.32 Å². The van der Waals surface area contributed by atoms with Gasteiger partial charge in [-0.15, -0.1) is 0 Å². The third-order valence-corrected chi connectivity index (χ3v) is 4.54. The smallest absolute Gasteiger partial charge is 0.321 e. The van der Waals surface area contributed by atoms with Crippen LogP contribution in [0.25, 0.3) is 0 Å². The first-order chi connectivity index (χ1) is 11.7. The molecule has 2 atom stereocenters. The number of rotatable bonds is 4. The van der Waals surface area contributed by atoms with Crippen molar-refractivity contribution in [1.29, 1.82) is 0 Å². The summed E-state index contributed by atoms with van der Waals surface area (Å²) in [5, 5.41) is 5.78. The summed E-state index contributed by atoms with van der Waals surface area (Å²) in [4.78, 5) is 26.0. The molecule has 1 saturated carbocycles. The minimum absolute atomic E-state index is 0.00311. The molecule has 1 aliphatic heterocycles. The molecule has 1 aromatic carbocycles. The van der Waals surface area contributed by atoms with Gasteiger partial charge in [0.1, 0.15) is 5.76 Å². The van der Waals surface area contributed by atoms with Gasteiger partial charge in [0.25, 0.3) is 0 Å². The zero-order chi connectivity index (χ0) is 16.5. The summed E-state index contributed by atoms with van der Waals surface area (Å²) < 4.78 is 5.37. The number of urea groups is 1. The number of carbonyl (C=O) groups is 2. The molecule has 6 nitrogen and oxygen atoms in total. The van der Waals surface area contributed by atoms with Crippen molar-refractivity contribution in [2.45, 2.75) is 18.8 Å². The van der Waals surface area contributed by atoms with E-state index in [2.05, 4.69) is 10.6 Å². The fourth-order valence-electron chi connectivity index (χ4n) is 3.16. The highest BCUT2D eigenvalue weighted by Crippen LogP contribution is 2.48. The second-order valence-electron chi connectivity index (χ2n) is 6.24. The van der Waals surface area contributed by atoms with Gasteiger partial charge in [-0.2, -0.15) is 0 Å². The third kappa shape index (κ3) is 2.87. The average molecular weight is 325 g/mol. The molecule has 1 saturated heterocycles. The summed E-state index contributed by atoms with van der Waals surface area (Å²) >= 11 is 0. The Morgan fingerprint density at radius 2 is 2.21 bits per heavy atom. The fourth-order valence-corrected chi connectivity index (χ4v) is 3.16. The molecule has 0 bridgehead atoms. The zero-order valence-corrected chi connectivity index (χ0v) is 13.2. The molecule has 6 heteroatoms. The van der Waals surface area contributed by atoms with Gasteiger partial charge in [-0.1, -0.05) is 6.07 Å². The van der Waals surface area contributed by atoms with E-state index in [0.29, 0.717) is 18.8 Å². The van der Waals surface area contributed by atoms with Crippen molar-refractivity contribution >= 4 is 23.3 Å². The molecule has 2 N–H and O–H groups in total. The molecular formula is C18H19N3O3. The van der Waals surface area contributed by atoms with Crippen LogP contribution in [0.15, 0.2) is 47.1 Å². The Kier molecular flexibility index (Phi) is 3.72. The molecule has 2 unspecified atom stereocenters. The van der Waals surface area contributed by atoms with E-state index in [0.717, 1.165) is 24.3 Å². The first-order valence-corrected chi connectivity index (χ1v) is 8.22. The zero-order valence-electron chi connectivity index (χ0n) is 13.2. The lowest BCUT2D eigenvalue weighted by Crippen LogP contribution is -2.46. The molecule has 3 amide bonds. The highest BCUT2D eigenvalue weighted by molar-refractivity contribution is 5.97. The number of hydrogen-bond donors (Lipinski definition) is 2. The Labute approximate surface area is 139 Å². The van der Waals surface area contributed by atoms with Crippen molar-refractivity contribution in [3.05, 3.63) is 48.4 Å². The lowest BCUT2D eigenvalue weighted by molar-refractivity contribution is -0.117. The maximum Gasteiger partial charge on any atom is 0.321 e. The van der Waals surface area contributed by atoms with Gasteiger partial charge in [-0.3, -0.25) is 9.69 Å². The topological polar surface area (TPSA) is 74.6 Å². The van der Waals surface area contributed by atoms with Crippen LogP contribution in [0, 0.1) is 5.92 Å². The van der Waals surface area contributed by atoms with Gasteiger partial charge in [0.05, 0.1) is 6.26 Å². The van der Waals surface area contributed by atoms with Crippen LogP contribution in [0.1, 0.15) is 24.5 Å². The first kappa shape index (κ1) is 14.8. The monoisotopic (exact) mass is 325 g/mol. The summed E-state index contributed by atoms with van der Waals surface area (Å²) in [6, 6.07) is 11.1. The Hall–Kier alpha value is -2.76. The van der Waals surface area contributed by atoms with Crippen LogP contribution < -0.4 is 15.5 Å². The standard InChI is InChI=1S/C18H19N3O3/c22-17(15-11-14(15)16-6-2-9-24-16)20-12-4-1-5-13(10-12)21-8-3-7-19-18(21)23/h1-2,4-6,9-10,14-15H,3,7-8,11H2,(H,19,23)(H,20,22). The molecule has 4 rings (SSSR count). The molecule has 2 fully saturated rings. The molecule has 124 valence electrons. The maximum absolute atomic E-state index is 12.4. The average Bonchev–Trinajstić information content (AvgIpc) is 3.21. The van der Waals surface area contributed by atoms with Gasteiger partial charge in [0.15, 0.2) is 0 Å². The predicted molar refractivity (Wildman–Crippen MR) is 90.0 cm³/mol. The Balaban J connectivity index is 1.43. The van der Waals surface area contributed by atoms with Gasteiger partial charge in [-0.25, -0.2) is 4.79 Å². The van der Waals surface area contributed by atoms with Crippen molar-refractivity contribution in [3.8, 4) is 0 Å². The molecule has 24 heavy (non-hydrogen) atoms. The molecule has 1 aromatic heterocycles. The van der Waals surface area contributed by atoms with E-state index in [9.17, 15) is 9.59 Å². The highest BCUT2D eigenvalue weighted by atomic mass is 16.3. The van der Waals surface area contributed by atoms with Crippen LogP contribution >= 0.6 is 0 Å². The second-order valence-corrected chi connectivity index (χ2v) is 6.24. The van der Waals surface area contributed by atoms with Crippen LogP contribution in [-0.2, 0) is 4.79 Å². The number of benzene rings is 1. The second kappa shape index (κ2) is 6.03. The molecule has 0 spiro atoms. The van der Waals surface area contributed by atoms with E-state index in [-0.39, 0.29) is 23.8 Å². The van der Waals surface area contributed by atoms with Crippen LogP contribution in [0.4, 0.5) is 16.2 Å². The van der Waals surface area contributed by atoms with E-state index in [1.807, 2.05) is 36.4 Å². The molecule has 2 heterocycles. The van der Waals surface area contributed by atoms with Crippen LogP contribution in [0.3, 0.4) is 0 Å². The minimum Gasteiger partial charge on any atom is -0.469 e. The van der Waals surface area contributed by atoms with E-state index < -0.39 is 0 Å². The van der Waals surface area contributed by atoms with Crippen LogP contribution in [-0.4, -0.2) is 25.0 Å². The van der Waals surface area contributed by atoms with Gasteiger partial charge in [0.2, 0.25) is 5.91 Å². The third-order valence-electron chi connectivity index (χ3n) is 4.54. The molecular weight excluding hydrogens is 306 g/mol. The molecule has 2 aromatic rings. The molecule has 2 aliphatic rings. The van der Waals surface area contributed by atoms with Gasteiger partial charge in [-0.05, 0) is 43.2 Å². The highest BCUT2D eigenvalue weighted by Gasteiger charge is 2.45. The number of nitrogens with one attached hydrogen (secondary N) is 2. The van der Waals surface area contributed by atoms with E-state index in [1.165, 1.54) is 0 Å². The molecule has 1 aliphatic carbocycles. The lowest BCUT2D eigenvalue weighted by Gasteiger charge is -2.27. The SMILES string of the molecule is O=C(Nc1cccc(N2CCCNC2=O)c1)C1CC1c1ccco1. The van der Waals surface area contributed by atoms with Crippen molar-refractivity contribution in [2.24, 2.45) is 5.92 Å². The Morgan fingerprint density at radius 1 is 1.29 bits per heavy atom. The number of furan rings is 1. The van der Waals surface area contributed by atoms with Crippen LogP contribution in [0.5, 0.6) is 0 Å². The van der Waals surface area contributed by atoms with E-state index in [1.54, 1.807) is 11.2 Å². The summed E-state index contributed by atoms with van der Waals surface area (Å²) in [6.45, 7) is 1.40. The lowest BCUT2D eigenvalue weighted by atomic mass is 10.2. The van der Waals surface area contributed by atoms with Gasteiger partial charge >= 0.3 is 6.03 Å². The first-order valence-electron chi connectivity index (χ1n) is 8.22. The Morgan fingerprint density at radius 3 is 3.00 bits per heavy atom. The summed E-state index contributed by atoms with van der Waals surface area (Å²) in [7, 11) is 0. The number of carbonyl (C=O) groups excluding carboxylic acids is 2. The fraction of sp³-hybridized carbons (Fsp3) is 0.333. The normalized spacial score (nSPS) is 22.8. The number of amides is 3. The predicted octanol–water partition coefficient (Wildman–Crippen LogP) is 2.94. The quantitative estimate of drug-likeness (QED) is 0.907. The molecule has 0 radical (unpaired) electrons. The van der Waals surface area contributed by atoms with Crippen LogP contribution in [0.2, 0.25) is 0 Å². The number of anilines is 2.